The molecule has 0 aromatic heterocycles. The van der Waals surface area contributed by atoms with Crippen molar-refractivity contribution in [3.8, 4) is 5.75 Å². The molecule has 4 N–H and O–H groups in total. The normalized spacial score (nSPS) is 16.6. The molecular formula is C16H22N4O2. The number of hydrogen-bond acceptors (Lipinski definition) is 5. The summed E-state index contributed by atoms with van der Waals surface area (Å²) in [7, 11) is 0. The van der Waals surface area contributed by atoms with Gasteiger partial charge in [-0.2, -0.15) is 0 Å². The molecule has 0 radical (unpaired) electrons. The van der Waals surface area contributed by atoms with Gasteiger partial charge in [-0.15, -0.1) is 0 Å². The third-order valence-electron chi connectivity index (χ3n) is 3.57. The molecule has 1 aromatic rings. The molecule has 0 aliphatic carbocycles. The Hall–Kier alpha value is -2.50. The number of carbonyl (C=O) groups excluding carboxylic acids is 1. The van der Waals surface area contributed by atoms with E-state index in [0.29, 0.717) is 5.82 Å². The molecule has 0 spiro atoms. The zero-order chi connectivity index (χ0) is 16.1. The smallest absolute Gasteiger partial charge is 0.217 e. The van der Waals surface area contributed by atoms with E-state index in [2.05, 4.69) is 5.32 Å². The highest BCUT2D eigenvalue weighted by atomic mass is 16.5. The molecule has 0 bridgehead atoms. The van der Waals surface area contributed by atoms with Crippen molar-refractivity contribution < 1.29 is 9.53 Å². The van der Waals surface area contributed by atoms with Crippen molar-refractivity contribution in [2.24, 2.45) is 5.73 Å². The van der Waals surface area contributed by atoms with Crippen LogP contribution >= 0.6 is 0 Å². The lowest BCUT2D eigenvalue weighted by atomic mass is 10.1. The molecule has 6 heteroatoms. The van der Waals surface area contributed by atoms with Crippen molar-refractivity contribution in [1.29, 1.82) is 5.41 Å². The molecule has 1 heterocycles. The number of carbonyl (C=O) groups is 1. The molecule has 1 aromatic carbocycles. The Morgan fingerprint density at radius 1 is 1.45 bits per heavy atom. The zero-order valence-electron chi connectivity index (χ0n) is 12.9. The summed E-state index contributed by atoms with van der Waals surface area (Å²) in [4.78, 5) is 13.0. The Labute approximate surface area is 130 Å². The number of benzene rings is 1. The lowest BCUT2D eigenvalue weighted by molar-refractivity contribution is -0.119. The summed E-state index contributed by atoms with van der Waals surface area (Å²) in [5.74, 6) is 1.35. The molecule has 2 rings (SSSR count). The molecule has 6 nitrogen and oxygen atoms in total. The summed E-state index contributed by atoms with van der Waals surface area (Å²) >= 11 is 0. The van der Waals surface area contributed by atoms with E-state index in [9.17, 15) is 4.79 Å². The highest BCUT2D eigenvalue weighted by Gasteiger charge is 2.28. The number of hydrogen-bond donors (Lipinski definition) is 3. The van der Waals surface area contributed by atoms with E-state index in [1.807, 2.05) is 36.1 Å². The fourth-order valence-electron chi connectivity index (χ4n) is 2.33. The van der Waals surface area contributed by atoms with E-state index in [-0.39, 0.29) is 18.1 Å². The fourth-order valence-corrected chi connectivity index (χ4v) is 2.33. The van der Waals surface area contributed by atoms with Crippen LogP contribution in [0.25, 0.3) is 0 Å². The third kappa shape index (κ3) is 4.00. The van der Waals surface area contributed by atoms with Crippen molar-refractivity contribution in [2.75, 3.05) is 13.1 Å². The topological polar surface area (TPSA) is 91.4 Å². The van der Waals surface area contributed by atoms with E-state index >= 15 is 0 Å². The quantitative estimate of drug-likeness (QED) is 0.693. The maximum Gasteiger partial charge on any atom is 0.217 e. The van der Waals surface area contributed by atoms with Gasteiger partial charge in [0.05, 0.1) is 19.1 Å². The van der Waals surface area contributed by atoms with E-state index in [0.717, 1.165) is 24.4 Å². The first kappa shape index (κ1) is 15.9. The number of likely N-dealkylation sites (tertiary alicyclic amines) is 1. The third-order valence-corrected chi connectivity index (χ3v) is 3.57. The molecule has 0 saturated carbocycles. The number of ether oxygens (including phenoxy) is 1. The lowest BCUT2D eigenvalue weighted by Gasteiger charge is -2.40. The fraction of sp³-hybridized carbons (Fsp3) is 0.375. The van der Waals surface area contributed by atoms with Crippen molar-refractivity contribution >= 4 is 12.1 Å². The Kier molecular flexibility index (Phi) is 5.04. The van der Waals surface area contributed by atoms with Gasteiger partial charge in [-0.05, 0) is 30.7 Å². The lowest BCUT2D eigenvalue weighted by Crippen LogP contribution is -2.54. The molecule has 1 aliphatic heterocycles. The van der Waals surface area contributed by atoms with Crippen LogP contribution < -0.4 is 15.8 Å². The standard InChI is InChI=1S/C16H22N4O2/c1-11(19-12(2)21)13-3-5-14(6-4-13)22-15-9-20(10-15)16(18)7-8-17/h3-8,11,15,17H,9-10,18H2,1-2H3,(H,19,21)/b16-7+,17-8?/t11-/m0/s1. The molecule has 1 atom stereocenters. The highest BCUT2D eigenvalue weighted by molar-refractivity contribution is 5.73. The average molecular weight is 302 g/mol. The van der Waals surface area contributed by atoms with Crippen LogP contribution in [0.3, 0.4) is 0 Å². The summed E-state index contributed by atoms with van der Waals surface area (Å²) < 4.78 is 5.86. The zero-order valence-corrected chi connectivity index (χ0v) is 12.9. The van der Waals surface area contributed by atoms with Gasteiger partial charge >= 0.3 is 0 Å². The van der Waals surface area contributed by atoms with Gasteiger partial charge in [-0.25, -0.2) is 0 Å². The van der Waals surface area contributed by atoms with Gasteiger partial charge in [0.25, 0.3) is 0 Å². The van der Waals surface area contributed by atoms with Crippen molar-refractivity contribution in [1.82, 2.24) is 10.2 Å². The highest BCUT2D eigenvalue weighted by Crippen LogP contribution is 2.22. The summed E-state index contributed by atoms with van der Waals surface area (Å²) in [5.41, 5.74) is 6.82. The Balaban J connectivity index is 1.84. The number of rotatable bonds is 6. The second kappa shape index (κ2) is 6.98. The van der Waals surface area contributed by atoms with E-state index in [1.165, 1.54) is 13.1 Å². The maximum absolute atomic E-state index is 11.0. The van der Waals surface area contributed by atoms with Crippen LogP contribution in [0.5, 0.6) is 5.75 Å². The second-order valence-electron chi connectivity index (χ2n) is 5.39. The van der Waals surface area contributed by atoms with Gasteiger partial charge < -0.3 is 26.1 Å². The van der Waals surface area contributed by atoms with Crippen molar-refractivity contribution in [3.63, 3.8) is 0 Å². The van der Waals surface area contributed by atoms with E-state index in [4.69, 9.17) is 15.9 Å². The van der Waals surface area contributed by atoms with Crippen molar-refractivity contribution in [3.05, 3.63) is 41.7 Å². The molecule has 118 valence electrons. The Bertz CT molecular complexity index is 562. The van der Waals surface area contributed by atoms with Crippen LogP contribution in [0.4, 0.5) is 0 Å². The van der Waals surface area contributed by atoms with Crippen molar-refractivity contribution in [2.45, 2.75) is 26.0 Å². The minimum Gasteiger partial charge on any atom is -0.487 e. The van der Waals surface area contributed by atoms with E-state index in [1.54, 1.807) is 6.08 Å². The van der Waals surface area contributed by atoms with Crippen LogP contribution in [-0.4, -0.2) is 36.2 Å². The van der Waals surface area contributed by atoms with Gasteiger partial charge in [0.15, 0.2) is 0 Å². The number of allylic oxidation sites excluding steroid dienone is 1. The molecule has 1 amide bonds. The number of nitrogens with zero attached hydrogens (tertiary/aromatic N) is 1. The second-order valence-corrected chi connectivity index (χ2v) is 5.39. The van der Waals surface area contributed by atoms with Crippen LogP contribution in [0.2, 0.25) is 0 Å². The predicted molar refractivity (Wildman–Crippen MR) is 85.7 cm³/mol. The van der Waals surface area contributed by atoms with Crippen LogP contribution in [0.15, 0.2) is 36.2 Å². The molecule has 1 fully saturated rings. The van der Waals surface area contributed by atoms with Crippen LogP contribution in [0.1, 0.15) is 25.5 Å². The van der Waals surface area contributed by atoms with Gasteiger partial charge in [0, 0.05) is 13.1 Å². The molecule has 1 aliphatic rings. The number of nitrogens with one attached hydrogen (secondary N) is 2. The Morgan fingerprint density at radius 3 is 2.64 bits per heavy atom. The van der Waals surface area contributed by atoms with Crippen LogP contribution in [0, 0.1) is 5.41 Å². The van der Waals surface area contributed by atoms with Gasteiger partial charge in [-0.1, -0.05) is 12.1 Å². The molecule has 1 saturated heterocycles. The largest absolute Gasteiger partial charge is 0.487 e. The molecular weight excluding hydrogens is 280 g/mol. The number of nitrogens with two attached hydrogens (primary N) is 1. The first-order valence-corrected chi connectivity index (χ1v) is 7.24. The molecule has 0 unspecified atom stereocenters. The predicted octanol–water partition coefficient (Wildman–Crippen LogP) is 1.40. The van der Waals surface area contributed by atoms with E-state index < -0.39 is 0 Å². The Morgan fingerprint density at radius 2 is 2.09 bits per heavy atom. The minimum absolute atomic E-state index is 0.0168. The first-order chi connectivity index (χ1) is 10.5. The van der Waals surface area contributed by atoms with Gasteiger partial charge in [0.1, 0.15) is 17.7 Å². The summed E-state index contributed by atoms with van der Waals surface area (Å²) in [6.07, 6.45) is 2.85. The summed E-state index contributed by atoms with van der Waals surface area (Å²) in [5, 5.41) is 9.83. The SMILES string of the molecule is CC(=O)N[C@@H](C)c1ccc(OC2CN(/C(N)=C/C=N)C2)cc1. The summed E-state index contributed by atoms with van der Waals surface area (Å²) in [6, 6.07) is 7.71. The number of amides is 1. The van der Waals surface area contributed by atoms with Gasteiger partial charge in [0.2, 0.25) is 5.91 Å². The average Bonchev–Trinajstić information content (AvgIpc) is 2.42. The first-order valence-electron chi connectivity index (χ1n) is 7.24. The monoisotopic (exact) mass is 302 g/mol. The molecule has 22 heavy (non-hydrogen) atoms. The summed E-state index contributed by atoms with van der Waals surface area (Å²) in [6.45, 7) is 4.90. The van der Waals surface area contributed by atoms with Gasteiger partial charge in [-0.3, -0.25) is 4.79 Å². The maximum atomic E-state index is 11.0. The van der Waals surface area contributed by atoms with Crippen LogP contribution in [-0.2, 0) is 4.79 Å². The minimum atomic E-state index is -0.0436.